The lowest BCUT2D eigenvalue weighted by Gasteiger charge is -2.03. The minimum absolute atomic E-state index is 0.278. The highest BCUT2D eigenvalue weighted by Gasteiger charge is 2.07. The van der Waals surface area contributed by atoms with Crippen LogP contribution in [0, 0.1) is 12.7 Å². The van der Waals surface area contributed by atoms with Gasteiger partial charge in [-0.1, -0.05) is 12.1 Å². The Kier molecular flexibility index (Phi) is 3.87. The second-order valence-corrected chi connectivity index (χ2v) is 5.14. The number of imidazole rings is 1. The number of hydrogen-bond acceptors (Lipinski definition) is 2. The number of aromatic nitrogens is 2. The molecule has 5 heteroatoms. The van der Waals surface area contributed by atoms with Crippen LogP contribution in [0.5, 0.6) is 0 Å². The first kappa shape index (κ1) is 14.3. The maximum atomic E-state index is 13.1. The summed E-state index contributed by atoms with van der Waals surface area (Å²) in [7, 11) is 0. The van der Waals surface area contributed by atoms with E-state index in [9.17, 15) is 9.18 Å². The second-order valence-electron chi connectivity index (χ2n) is 5.14. The molecule has 0 spiro atoms. The standard InChI is InChI=1S/C17H16FN3O/c1-12-4-2-7-16-20-15(11-21(12)16)8-9-19-17(22)13-5-3-6-14(18)10-13/h2-7,10-11H,8-9H2,1H3,(H,19,22). The quantitative estimate of drug-likeness (QED) is 0.805. The van der Waals surface area contributed by atoms with Crippen LogP contribution in [0.2, 0.25) is 0 Å². The Morgan fingerprint density at radius 2 is 2.09 bits per heavy atom. The Morgan fingerprint density at radius 1 is 1.27 bits per heavy atom. The molecule has 0 aliphatic carbocycles. The third-order valence-electron chi connectivity index (χ3n) is 3.50. The van der Waals surface area contributed by atoms with Crippen molar-refractivity contribution in [1.29, 1.82) is 0 Å². The molecular formula is C17H16FN3O. The SMILES string of the molecule is Cc1cccc2nc(CCNC(=O)c3cccc(F)c3)cn12. The highest BCUT2D eigenvalue weighted by atomic mass is 19.1. The number of amides is 1. The fourth-order valence-corrected chi connectivity index (χ4v) is 2.36. The number of fused-ring (bicyclic) bond motifs is 1. The Morgan fingerprint density at radius 3 is 2.86 bits per heavy atom. The van der Waals surface area contributed by atoms with Gasteiger partial charge >= 0.3 is 0 Å². The van der Waals surface area contributed by atoms with Gasteiger partial charge in [0.1, 0.15) is 11.5 Å². The van der Waals surface area contributed by atoms with Gasteiger partial charge in [0.2, 0.25) is 0 Å². The van der Waals surface area contributed by atoms with E-state index in [1.807, 2.05) is 35.7 Å². The first-order chi connectivity index (χ1) is 10.6. The molecule has 0 saturated heterocycles. The van der Waals surface area contributed by atoms with Crippen LogP contribution in [0.4, 0.5) is 4.39 Å². The number of rotatable bonds is 4. The molecule has 1 aromatic carbocycles. The number of aryl methyl sites for hydroxylation is 1. The minimum atomic E-state index is -0.413. The van der Waals surface area contributed by atoms with Gasteiger partial charge in [0.05, 0.1) is 5.69 Å². The third-order valence-corrected chi connectivity index (χ3v) is 3.50. The molecule has 2 heterocycles. The average molecular weight is 297 g/mol. The molecule has 0 unspecified atom stereocenters. The predicted molar refractivity (Wildman–Crippen MR) is 82.4 cm³/mol. The fraction of sp³-hybridized carbons (Fsp3) is 0.176. The van der Waals surface area contributed by atoms with Crippen molar-refractivity contribution >= 4 is 11.6 Å². The van der Waals surface area contributed by atoms with Crippen molar-refractivity contribution in [3.63, 3.8) is 0 Å². The number of nitrogens with zero attached hydrogens (tertiary/aromatic N) is 2. The zero-order valence-corrected chi connectivity index (χ0v) is 12.2. The first-order valence-corrected chi connectivity index (χ1v) is 7.11. The van der Waals surface area contributed by atoms with Crippen molar-refractivity contribution in [2.24, 2.45) is 0 Å². The van der Waals surface area contributed by atoms with E-state index in [4.69, 9.17) is 0 Å². The van der Waals surface area contributed by atoms with Crippen LogP contribution in [0.25, 0.3) is 5.65 Å². The molecule has 1 N–H and O–H groups in total. The molecule has 0 fully saturated rings. The molecule has 0 aliphatic heterocycles. The van der Waals surface area contributed by atoms with E-state index in [2.05, 4.69) is 10.3 Å². The van der Waals surface area contributed by atoms with E-state index in [-0.39, 0.29) is 5.91 Å². The van der Waals surface area contributed by atoms with E-state index in [0.29, 0.717) is 18.5 Å². The van der Waals surface area contributed by atoms with Crippen LogP contribution in [-0.4, -0.2) is 21.8 Å². The summed E-state index contributed by atoms with van der Waals surface area (Å²) < 4.78 is 15.1. The van der Waals surface area contributed by atoms with Crippen molar-refractivity contribution in [3.05, 3.63) is 71.4 Å². The molecule has 4 nitrogen and oxygen atoms in total. The summed E-state index contributed by atoms with van der Waals surface area (Å²) in [6.07, 6.45) is 2.60. The smallest absolute Gasteiger partial charge is 0.251 e. The highest BCUT2D eigenvalue weighted by Crippen LogP contribution is 2.09. The molecule has 2 aromatic heterocycles. The molecule has 3 rings (SSSR count). The lowest BCUT2D eigenvalue weighted by atomic mass is 10.2. The van der Waals surface area contributed by atoms with E-state index in [1.165, 1.54) is 18.2 Å². The van der Waals surface area contributed by atoms with Crippen LogP contribution in [0.15, 0.2) is 48.7 Å². The summed E-state index contributed by atoms with van der Waals surface area (Å²) in [5.41, 5.74) is 3.24. The van der Waals surface area contributed by atoms with E-state index >= 15 is 0 Å². The second kappa shape index (κ2) is 5.97. The van der Waals surface area contributed by atoms with E-state index in [1.54, 1.807) is 6.07 Å². The lowest BCUT2D eigenvalue weighted by molar-refractivity contribution is 0.0953. The molecule has 3 aromatic rings. The van der Waals surface area contributed by atoms with E-state index < -0.39 is 5.82 Å². The number of benzene rings is 1. The van der Waals surface area contributed by atoms with Gasteiger partial charge in [-0.2, -0.15) is 0 Å². The maximum Gasteiger partial charge on any atom is 0.251 e. The van der Waals surface area contributed by atoms with Gasteiger partial charge in [0.15, 0.2) is 0 Å². The normalized spacial score (nSPS) is 10.8. The zero-order valence-electron chi connectivity index (χ0n) is 12.2. The van der Waals surface area contributed by atoms with Crippen molar-refractivity contribution < 1.29 is 9.18 Å². The summed E-state index contributed by atoms with van der Waals surface area (Å²) in [5.74, 6) is -0.692. The molecule has 112 valence electrons. The highest BCUT2D eigenvalue weighted by molar-refractivity contribution is 5.94. The van der Waals surface area contributed by atoms with Gasteiger partial charge in [-0.15, -0.1) is 0 Å². The number of nitrogens with one attached hydrogen (secondary N) is 1. The van der Waals surface area contributed by atoms with E-state index in [0.717, 1.165) is 17.0 Å². The molecule has 0 radical (unpaired) electrons. The van der Waals surface area contributed by atoms with Crippen molar-refractivity contribution in [3.8, 4) is 0 Å². The van der Waals surface area contributed by atoms with Crippen LogP contribution in [0.1, 0.15) is 21.7 Å². The lowest BCUT2D eigenvalue weighted by Crippen LogP contribution is -2.25. The molecule has 0 bridgehead atoms. The topological polar surface area (TPSA) is 46.4 Å². The Balaban J connectivity index is 1.62. The van der Waals surface area contributed by atoms with Gasteiger partial charge in [-0.05, 0) is 37.3 Å². The van der Waals surface area contributed by atoms with Crippen LogP contribution < -0.4 is 5.32 Å². The van der Waals surface area contributed by atoms with Gasteiger partial charge in [-0.3, -0.25) is 4.79 Å². The molecule has 0 atom stereocenters. The number of halogens is 1. The van der Waals surface area contributed by atoms with Crippen molar-refractivity contribution in [2.75, 3.05) is 6.54 Å². The molecule has 0 aliphatic rings. The maximum absolute atomic E-state index is 13.1. The van der Waals surface area contributed by atoms with Crippen LogP contribution >= 0.6 is 0 Å². The zero-order chi connectivity index (χ0) is 15.5. The average Bonchev–Trinajstić information content (AvgIpc) is 2.91. The van der Waals surface area contributed by atoms with Crippen LogP contribution in [0.3, 0.4) is 0 Å². The van der Waals surface area contributed by atoms with Gasteiger partial charge in [0.25, 0.3) is 5.91 Å². The van der Waals surface area contributed by atoms with Gasteiger partial charge in [-0.25, -0.2) is 9.37 Å². The molecule has 22 heavy (non-hydrogen) atoms. The number of carbonyl (C=O) groups excluding carboxylic acids is 1. The summed E-state index contributed by atoms with van der Waals surface area (Å²) in [5, 5.41) is 2.78. The fourth-order valence-electron chi connectivity index (χ4n) is 2.36. The van der Waals surface area contributed by atoms with Gasteiger partial charge in [0, 0.05) is 30.4 Å². The first-order valence-electron chi connectivity index (χ1n) is 7.11. The van der Waals surface area contributed by atoms with Crippen molar-refractivity contribution in [1.82, 2.24) is 14.7 Å². The number of hydrogen-bond donors (Lipinski definition) is 1. The number of carbonyl (C=O) groups is 1. The summed E-state index contributed by atoms with van der Waals surface area (Å²) in [6.45, 7) is 2.47. The molecular weight excluding hydrogens is 281 g/mol. The Hall–Kier alpha value is -2.69. The Bertz CT molecular complexity index is 826. The van der Waals surface area contributed by atoms with Crippen molar-refractivity contribution in [2.45, 2.75) is 13.3 Å². The summed E-state index contributed by atoms with van der Waals surface area (Å²) >= 11 is 0. The minimum Gasteiger partial charge on any atom is -0.352 e. The van der Waals surface area contributed by atoms with Crippen LogP contribution in [-0.2, 0) is 6.42 Å². The molecule has 0 saturated carbocycles. The third kappa shape index (κ3) is 2.98. The molecule has 1 amide bonds. The Labute approximate surface area is 127 Å². The monoisotopic (exact) mass is 297 g/mol. The largest absolute Gasteiger partial charge is 0.352 e. The number of pyridine rings is 1. The van der Waals surface area contributed by atoms with Gasteiger partial charge < -0.3 is 9.72 Å². The summed E-state index contributed by atoms with van der Waals surface area (Å²) in [6, 6.07) is 11.6. The summed E-state index contributed by atoms with van der Waals surface area (Å²) in [4.78, 5) is 16.4. The predicted octanol–water partition coefficient (Wildman–Crippen LogP) is 2.75.